The Morgan fingerprint density at radius 1 is 0.951 bits per heavy atom. The summed E-state index contributed by atoms with van der Waals surface area (Å²) in [7, 11) is -4.19. The zero-order chi connectivity index (χ0) is 29.5. The number of Topliss-reactive ketones (excluding diaryl/α,β-unsaturated/α-hetero) is 2. The highest BCUT2D eigenvalue weighted by molar-refractivity contribution is 7.89. The van der Waals surface area contributed by atoms with Gasteiger partial charge in [0, 0.05) is 11.5 Å². The van der Waals surface area contributed by atoms with Gasteiger partial charge in [0.2, 0.25) is 21.6 Å². The van der Waals surface area contributed by atoms with E-state index in [0.29, 0.717) is 30.8 Å². The van der Waals surface area contributed by atoms with Gasteiger partial charge in [-0.25, -0.2) is 13.1 Å². The lowest BCUT2D eigenvalue weighted by Crippen LogP contribution is -2.56. The highest BCUT2D eigenvalue weighted by atomic mass is 32.2. The normalized spacial score (nSPS) is 20.6. The molecule has 2 N–H and O–H groups in total. The average Bonchev–Trinajstić information content (AvgIpc) is 2.96. The van der Waals surface area contributed by atoms with Gasteiger partial charge in [-0.2, -0.15) is 8.78 Å². The smallest absolute Gasteiger partial charge is 0.367 e. The number of nitrogens with zero attached hydrogens (tertiary/aromatic N) is 1. The molecule has 3 atom stereocenters. The quantitative estimate of drug-likeness (QED) is 0.275. The number of halogens is 2. The molecule has 2 unspecified atom stereocenters. The molecule has 2 aliphatic rings. The number of hydrogen-bond donors (Lipinski definition) is 2. The summed E-state index contributed by atoms with van der Waals surface area (Å²) in [5, 5.41) is 11.5. The van der Waals surface area contributed by atoms with Crippen molar-refractivity contribution < 1.29 is 36.6 Å². The third-order valence-corrected chi connectivity index (χ3v) is 8.98. The minimum absolute atomic E-state index is 0.260. The van der Waals surface area contributed by atoms with E-state index < -0.39 is 57.2 Å². The van der Waals surface area contributed by atoms with Crippen LogP contribution in [0.4, 0.5) is 20.2 Å². The lowest BCUT2D eigenvalue weighted by atomic mass is 9.86. The molecule has 0 bridgehead atoms. The lowest BCUT2D eigenvalue weighted by molar-refractivity contribution is -0.140. The van der Waals surface area contributed by atoms with Crippen molar-refractivity contribution in [1.29, 1.82) is 0 Å². The maximum Gasteiger partial charge on any atom is 0.367 e. The number of carbonyl (C=O) groups is 2. The van der Waals surface area contributed by atoms with Gasteiger partial charge < -0.3 is 14.7 Å². The van der Waals surface area contributed by atoms with Crippen molar-refractivity contribution in [3.8, 4) is 11.5 Å². The molecule has 8 nitrogen and oxygen atoms in total. The van der Waals surface area contributed by atoms with Gasteiger partial charge >= 0.3 is 5.92 Å². The first kappa shape index (κ1) is 28.8. The Morgan fingerprint density at radius 2 is 1.51 bits per heavy atom. The van der Waals surface area contributed by atoms with Gasteiger partial charge in [-0.3, -0.25) is 9.59 Å². The molecule has 1 aliphatic heterocycles. The molecule has 3 aromatic carbocycles. The standard InChI is InChI=1S/C30H30F2N2O6S/c1-18(2)28(36)30(31,32)29(37)19-14-16-20(17-15-19)41(38,39)33-21-8-7-11-24(27(21)35)34-22-9-3-5-12-25(22)40-26-13-6-4-10-23(26)34/h3-6,9-10,12-18,21,24,27,33,35H,7-8,11H2,1-2H3/t21?,24?,27-/m0/s1. The number of para-hydroxylation sites is 4. The Morgan fingerprint density at radius 3 is 2.07 bits per heavy atom. The van der Waals surface area contributed by atoms with Gasteiger partial charge in [-0.05, 0) is 67.8 Å². The van der Waals surface area contributed by atoms with E-state index >= 15 is 0 Å². The molecule has 0 saturated heterocycles. The number of aliphatic hydroxyl groups is 1. The Balaban J connectivity index is 1.37. The zero-order valence-electron chi connectivity index (χ0n) is 22.5. The van der Waals surface area contributed by atoms with Crippen molar-refractivity contribution in [1.82, 2.24) is 4.72 Å². The summed E-state index contributed by atoms with van der Waals surface area (Å²) in [4.78, 5) is 25.9. The first-order valence-electron chi connectivity index (χ1n) is 13.3. The molecule has 5 rings (SSSR count). The SMILES string of the molecule is CC(C)C(=O)C(F)(F)C(=O)c1ccc(S(=O)(=O)NC2CCCC(N3c4ccccc4Oc4ccccc43)[C@H]2O)cc1. The molecular formula is C30H30F2N2O6S. The maximum atomic E-state index is 14.3. The highest BCUT2D eigenvalue weighted by Gasteiger charge is 2.48. The van der Waals surface area contributed by atoms with Crippen molar-refractivity contribution in [3.63, 3.8) is 0 Å². The minimum Gasteiger partial charge on any atom is -0.453 e. The molecule has 0 spiro atoms. The number of nitrogens with one attached hydrogen (secondary N) is 1. The predicted octanol–water partition coefficient (Wildman–Crippen LogP) is 5.23. The van der Waals surface area contributed by atoms with Crippen LogP contribution in [0.5, 0.6) is 11.5 Å². The highest BCUT2D eigenvalue weighted by Crippen LogP contribution is 2.49. The Labute approximate surface area is 237 Å². The number of alkyl halides is 2. The second kappa shape index (κ2) is 11.0. The van der Waals surface area contributed by atoms with Crippen molar-refractivity contribution in [2.45, 2.75) is 62.1 Å². The molecule has 0 amide bonds. The maximum absolute atomic E-state index is 14.3. The van der Waals surface area contributed by atoms with Crippen molar-refractivity contribution >= 4 is 33.0 Å². The van der Waals surface area contributed by atoms with Crippen LogP contribution in [0.1, 0.15) is 43.5 Å². The molecule has 1 fully saturated rings. The molecule has 1 saturated carbocycles. The van der Waals surface area contributed by atoms with Crippen LogP contribution in [0.25, 0.3) is 0 Å². The second-order valence-electron chi connectivity index (χ2n) is 10.6. The number of carbonyl (C=O) groups excluding carboxylic acids is 2. The summed E-state index contributed by atoms with van der Waals surface area (Å²) in [6, 6.07) is 17.5. The summed E-state index contributed by atoms with van der Waals surface area (Å²) >= 11 is 0. The van der Waals surface area contributed by atoms with E-state index in [4.69, 9.17) is 4.74 Å². The summed E-state index contributed by atoms with van der Waals surface area (Å²) < 4.78 is 63.8. The Hall–Kier alpha value is -3.67. The average molecular weight is 585 g/mol. The van der Waals surface area contributed by atoms with E-state index in [-0.39, 0.29) is 4.90 Å². The largest absolute Gasteiger partial charge is 0.453 e. The van der Waals surface area contributed by atoms with Crippen LogP contribution >= 0.6 is 0 Å². The summed E-state index contributed by atoms with van der Waals surface area (Å²) in [6.45, 7) is 2.54. The predicted molar refractivity (Wildman–Crippen MR) is 148 cm³/mol. The van der Waals surface area contributed by atoms with E-state index in [1.165, 1.54) is 13.8 Å². The number of aliphatic hydroxyl groups excluding tert-OH is 1. The van der Waals surface area contributed by atoms with Crippen LogP contribution < -0.4 is 14.4 Å². The lowest BCUT2D eigenvalue weighted by Gasteiger charge is -2.44. The molecule has 11 heteroatoms. The zero-order valence-corrected chi connectivity index (χ0v) is 23.3. The van der Waals surface area contributed by atoms with Crippen LogP contribution in [0.3, 0.4) is 0 Å². The van der Waals surface area contributed by atoms with Crippen LogP contribution in [0.15, 0.2) is 77.7 Å². The fourth-order valence-corrected chi connectivity index (χ4v) is 6.65. The molecule has 3 aromatic rings. The van der Waals surface area contributed by atoms with Crippen molar-refractivity contribution in [3.05, 3.63) is 78.4 Å². The molecular weight excluding hydrogens is 554 g/mol. The first-order valence-corrected chi connectivity index (χ1v) is 14.8. The molecule has 1 aliphatic carbocycles. The van der Waals surface area contributed by atoms with Crippen molar-refractivity contribution in [2.75, 3.05) is 4.90 Å². The van der Waals surface area contributed by atoms with Crippen LogP contribution in [0.2, 0.25) is 0 Å². The monoisotopic (exact) mass is 584 g/mol. The third-order valence-electron chi connectivity index (χ3n) is 7.47. The topological polar surface area (TPSA) is 113 Å². The van der Waals surface area contributed by atoms with Gasteiger partial charge in [0.05, 0.1) is 34.5 Å². The third kappa shape index (κ3) is 5.37. The summed E-state index contributed by atoms with van der Waals surface area (Å²) in [5.74, 6) is -7.22. The number of ketones is 2. The number of rotatable bonds is 8. The molecule has 0 radical (unpaired) electrons. The number of fused-ring (bicyclic) bond motifs is 2. The van der Waals surface area contributed by atoms with E-state index in [1.54, 1.807) is 0 Å². The molecule has 1 heterocycles. The van der Waals surface area contributed by atoms with E-state index in [9.17, 15) is 31.9 Å². The second-order valence-corrected chi connectivity index (χ2v) is 12.3. The van der Waals surface area contributed by atoms with Gasteiger partial charge in [0.15, 0.2) is 11.5 Å². The fraction of sp³-hybridized carbons (Fsp3) is 0.333. The number of benzene rings is 3. The summed E-state index contributed by atoms with van der Waals surface area (Å²) in [6.07, 6.45) is 0.509. The molecule has 0 aromatic heterocycles. The van der Waals surface area contributed by atoms with E-state index in [2.05, 4.69) is 4.72 Å². The number of anilines is 2. The fourth-order valence-electron chi connectivity index (χ4n) is 5.37. The van der Waals surface area contributed by atoms with Gasteiger partial charge in [0.1, 0.15) is 0 Å². The van der Waals surface area contributed by atoms with Crippen molar-refractivity contribution in [2.24, 2.45) is 5.92 Å². The van der Waals surface area contributed by atoms with Gasteiger partial charge in [-0.15, -0.1) is 0 Å². The molecule has 41 heavy (non-hydrogen) atoms. The van der Waals surface area contributed by atoms with Crippen LogP contribution in [-0.2, 0) is 14.8 Å². The van der Waals surface area contributed by atoms with Gasteiger partial charge in [-0.1, -0.05) is 38.1 Å². The number of hydrogen-bond acceptors (Lipinski definition) is 7. The van der Waals surface area contributed by atoms with Gasteiger partial charge in [0.25, 0.3) is 0 Å². The first-order chi connectivity index (χ1) is 19.4. The van der Waals surface area contributed by atoms with E-state index in [0.717, 1.165) is 35.6 Å². The van der Waals surface area contributed by atoms with Crippen LogP contribution in [-0.4, -0.2) is 49.2 Å². The van der Waals surface area contributed by atoms with Crippen LogP contribution in [0, 0.1) is 5.92 Å². The number of ether oxygens (including phenoxy) is 1. The van der Waals surface area contributed by atoms with E-state index in [1.807, 2.05) is 53.4 Å². The Bertz CT molecular complexity index is 1530. The minimum atomic E-state index is -4.22. The number of sulfonamides is 1. The molecule has 216 valence electrons. The Kier molecular flexibility index (Phi) is 7.71. The summed E-state index contributed by atoms with van der Waals surface area (Å²) in [5.41, 5.74) is 1.03.